The third-order valence-electron chi connectivity index (χ3n) is 4.97. The zero-order valence-corrected chi connectivity index (χ0v) is 15.0. The van der Waals surface area contributed by atoms with Gasteiger partial charge in [0.25, 0.3) is 0 Å². The van der Waals surface area contributed by atoms with E-state index in [0.717, 1.165) is 31.7 Å². The first-order valence-corrected chi connectivity index (χ1v) is 8.22. The summed E-state index contributed by atoms with van der Waals surface area (Å²) in [5, 5.41) is 23.6. The number of aromatic hydroxyl groups is 2. The lowest BCUT2D eigenvalue weighted by molar-refractivity contribution is 0.101. The van der Waals surface area contributed by atoms with Crippen LogP contribution in [0.1, 0.15) is 43.7 Å². The average Bonchev–Trinajstić information content (AvgIpc) is 2.53. The normalized spacial score (nSPS) is 21.0. The molecule has 3 N–H and O–H groups in total. The molecule has 3 rings (SSSR count). The van der Waals surface area contributed by atoms with Crippen molar-refractivity contribution in [2.24, 2.45) is 5.92 Å². The van der Waals surface area contributed by atoms with Gasteiger partial charge in [-0.3, -0.25) is 4.90 Å². The van der Waals surface area contributed by atoms with Crippen molar-refractivity contribution in [1.82, 2.24) is 10.2 Å². The van der Waals surface area contributed by atoms with E-state index in [1.807, 2.05) is 0 Å². The molecule has 0 aromatic heterocycles. The largest absolute Gasteiger partial charge is 0.508 e. The molecule has 0 radical (unpaired) electrons. The van der Waals surface area contributed by atoms with E-state index in [-0.39, 0.29) is 36.6 Å². The molecule has 1 saturated carbocycles. The Kier molecular flexibility index (Phi) is 8.48. The zero-order chi connectivity index (χ0) is 14.7. The minimum atomic E-state index is 0. The monoisotopic (exact) mass is 362 g/mol. The molecular weight excluding hydrogens is 335 g/mol. The van der Waals surface area contributed by atoms with Gasteiger partial charge in [0, 0.05) is 37.8 Å². The number of nitrogens with one attached hydrogen (secondary N) is 1. The Morgan fingerprint density at radius 3 is 2.30 bits per heavy atom. The highest BCUT2D eigenvalue weighted by molar-refractivity contribution is 5.85. The van der Waals surface area contributed by atoms with Crippen molar-refractivity contribution >= 4 is 24.8 Å². The number of hydrogen-bond donors (Lipinski definition) is 3. The average molecular weight is 363 g/mol. The summed E-state index contributed by atoms with van der Waals surface area (Å²) in [5.41, 5.74) is 0.906. The van der Waals surface area contributed by atoms with E-state index in [0.29, 0.717) is 11.7 Å². The molecule has 4 nitrogen and oxygen atoms in total. The molecule has 132 valence electrons. The van der Waals surface area contributed by atoms with Gasteiger partial charge in [0.05, 0.1) is 0 Å². The lowest BCUT2D eigenvalue weighted by Gasteiger charge is -2.41. The number of benzene rings is 1. The van der Waals surface area contributed by atoms with Crippen LogP contribution in [-0.4, -0.2) is 41.3 Å². The minimum absolute atomic E-state index is 0. The molecule has 6 heteroatoms. The van der Waals surface area contributed by atoms with Gasteiger partial charge in [0.2, 0.25) is 0 Å². The lowest BCUT2D eigenvalue weighted by Crippen LogP contribution is -2.47. The van der Waals surface area contributed by atoms with Gasteiger partial charge in [-0.15, -0.1) is 24.8 Å². The van der Waals surface area contributed by atoms with Crippen LogP contribution in [0.5, 0.6) is 11.5 Å². The van der Waals surface area contributed by atoms with Gasteiger partial charge >= 0.3 is 0 Å². The van der Waals surface area contributed by atoms with Crippen LogP contribution >= 0.6 is 24.8 Å². The molecule has 1 aliphatic heterocycles. The fraction of sp³-hybridized carbons (Fsp3) is 0.647. The Morgan fingerprint density at radius 2 is 1.65 bits per heavy atom. The zero-order valence-electron chi connectivity index (χ0n) is 13.4. The Hall–Kier alpha value is -0.680. The van der Waals surface area contributed by atoms with Crippen molar-refractivity contribution in [2.75, 3.05) is 26.2 Å². The molecule has 1 aromatic carbocycles. The first kappa shape index (κ1) is 20.4. The third kappa shape index (κ3) is 4.90. The summed E-state index contributed by atoms with van der Waals surface area (Å²) in [6, 6.07) is 5.19. The SMILES string of the molecule is Cl.Cl.Oc1ccc(O)c([C@H](C2CCCCC2)N2CCNCC2)c1. The number of halogens is 2. The molecule has 0 amide bonds. The second kappa shape index (κ2) is 9.58. The number of piperazine rings is 1. The predicted octanol–water partition coefficient (Wildman–Crippen LogP) is 3.47. The van der Waals surface area contributed by atoms with Crippen molar-refractivity contribution in [2.45, 2.75) is 38.1 Å². The summed E-state index contributed by atoms with van der Waals surface area (Å²) in [4.78, 5) is 2.49. The van der Waals surface area contributed by atoms with Gasteiger partial charge in [-0.1, -0.05) is 19.3 Å². The molecule has 2 aliphatic rings. The minimum Gasteiger partial charge on any atom is -0.508 e. The van der Waals surface area contributed by atoms with Crippen LogP contribution in [-0.2, 0) is 0 Å². The van der Waals surface area contributed by atoms with Crippen molar-refractivity contribution < 1.29 is 10.2 Å². The van der Waals surface area contributed by atoms with Crippen LogP contribution in [0.3, 0.4) is 0 Å². The molecular formula is C17H28Cl2N2O2. The maximum absolute atomic E-state index is 10.3. The van der Waals surface area contributed by atoms with Gasteiger partial charge in [-0.25, -0.2) is 0 Å². The predicted molar refractivity (Wildman–Crippen MR) is 98.0 cm³/mol. The molecule has 23 heavy (non-hydrogen) atoms. The van der Waals surface area contributed by atoms with Crippen LogP contribution < -0.4 is 5.32 Å². The summed E-state index contributed by atoms with van der Waals surface area (Å²) in [7, 11) is 0. The summed E-state index contributed by atoms with van der Waals surface area (Å²) in [6.07, 6.45) is 6.35. The fourth-order valence-corrected chi connectivity index (χ4v) is 3.94. The van der Waals surface area contributed by atoms with Crippen molar-refractivity contribution in [3.63, 3.8) is 0 Å². The Morgan fingerprint density at radius 1 is 1.00 bits per heavy atom. The Bertz CT molecular complexity index is 458. The summed E-state index contributed by atoms with van der Waals surface area (Å²) < 4.78 is 0. The molecule has 2 fully saturated rings. The van der Waals surface area contributed by atoms with E-state index in [1.54, 1.807) is 18.2 Å². The van der Waals surface area contributed by atoms with Crippen molar-refractivity contribution in [1.29, 1.82) is 0 Å². The Balaban J connectivity index is 0.00000132. The summed E-state index contributed by atoms with van der Waals surface area (Å²) in [5.74, 6) is 1.16. The van der Waals surface area contributed by atoms with Gasteiger partial charge in [-0.05, 0) is 37.0 Å². The van der Waals surface area contributed by atoms with Gasteiger partial charge in [0.15, 0.2) is 0 Å². The summed E-state index contributed by atoms with van der Waals surface area (Å²) >= 11 is 0. The quantitative estimate of drug-likeness (QED) is 0.720. The van der Waals surface area contributed by atoms with E-state index in [2.05, 4.69) is 10.2 Å². The van der Waals surface area contributed by atoms with E-state index in [9.17, 15) is 10.2 Å². The molecule has 0 unspecified atom stereocenters. The van der Waals surface area contributed by atoms with Crippen LogP contribution in [0.25, 0.3) is 0 Å². The molecule has 1 atom stereocenters. The van der Waals surface area contributed by atoms with Crippen molar-refractivity contribution in [3.8, 4) is 11.5 Å². The molecule has 1 aromatic rings. The van der Waals surface area contributed by atoms with E-state index in [4.69, 9.17) is 0 Å². The van der Waals surface area contributed by atoms with Crippen LogP contribution in [0.4, 0.5) is 0 Å². The van der Waals surface area contributed by atoms with Gasteiger partial charge in [-0.2, -0.15) is 0 Å². The van der Waals surface area contributed by atoms with E-state index >= 15 is 0 Å². The number of phenols is 2. The molecule has 1 saturated heterocycles. The topological polar surface area (TPSA) is 55.7 Å². The lowest BCUT2D eigenvalue weighted by atomic mass is 9.80. The maximum Gasteiger partial charge on any atom is 0.120 e. The number of rotatable bonds is 3. The molecule has 1 heterocycles. The second-order valence-corrected chi connectivity index (χ2v) is 6.37. The van der Waals surface area contributed by atoms with Crippen LogP contribution in [0.2, 0.25) is 0 Å². The van der Waals surface area contributed by atoms with E-state index in [1.165, 1.54) is 32.1 Å². The number of nitrogens with zero attached hydrogens (tertiary/aromatic N) is 1. The third-order valence-corrected chi connectivity index (χ3v) is 4.97. The second-order valence-electron chi connectivity index (χ2n) is 6.37. The van der Waals surface area contributed by atoms with E-state index < -0.39 is 0 Å². The molecule has 0 bridgehead atoms. The van der Waals surface area contributed by atoms with Crippen LogP contribution in [0, 0.1) is 5.92 Å². The first-order valence-electron chi connectivity index (χ1n) is 8.22. The smallest absolute Gasteiger partial charge is 0.120 e. The Labute approximate surface area is 151 Å². The molecule has 1 aliphatic carbocycles. The first-order chi connectivity index (χ1) is 10.3. The van der Waals surface area contributed by atoms with Crippen molar-refractivity contribution in [3.05, 3.63) is 23.8 Å². The van der Waals surface area contributed by atoms with Gasteiger partial charge in [0.1, 0.15) is 11.5 Å². The highest BCUT2D eigenvalue weighted by Gasteiger charge is 2.32. The van der Waals surface area contributed by atoms with Crippen LogP contribution in [0.15, 0.2) is 18.2 Å². The summed E-state index contributed by atoms with van der Waals surface area (Å²) in [6.45, 7) is 4.03. The fourth-order valence-electron chi connectivity index (χ4n) is 3.94. The van der Waals surface area contributed by atoms with Gasteiger partial charge < -0.3 is 15.5 Å². The standard InChI is InChI=1S/C17H26N2O2.2ClH/c20-14-6-7-16(21)15(12-14)17(13-4-2-1-3-5-13)19-10-8-18-9-11-19;;/h6-7,12-13,17-18,20-21H,1-5,8-11H2;2*1H/t17-;;/m0../s1. The maximum atomic E-state index is 10.3. The highest BCUT2D eigenvalue weighted by atomic mass is 35.5. The highest BCUT2D eigenvalue weighted by Crippen LogP contribution is 2.42. The molecule has 0 spiro atoms. The number of hydrogen-bond acceptors (Lipinski definition) is 4. The number of phenolic OH excluding ortho intramolecular Hbond substituents is 2.